The monoisotopic (exact) mass is 1040 g/mol. The maximum absolute atomic E-state index is 6.61. The van der Waals surface area contributed by atoms with Gasteiger partial charge in [-0.05, 0) is 121 Å². The maximum Gasteiger partial charge on any atom is 0.216 e. The van der Waals surface area contributed by atoms with Crippen molar-refractivity contribution in [3.05, 3.63) is 186 Å². The number of imidazole rings is 1. The zero-order chi connectivity index (χ0) is 44.7. The van der Waals surface area contributed by atoms with Crippen molar-refractivity contribution in [2.45, 2.75) is 67.6 Å². The van der Waals surface area contributed by atoms with Crippen LogP contribution in [0.5, 0.6) is 0 Å². The van der Waals surface area contributed by atoms with Crippen molar-refractivity contribution < 1.29 is 24.5 Å². The molecule has 0 saturated heterocycles. The SMILES string of the molecule is CC(C)Cc1cc(-c2[c-]cccc2)ncc1[Si](C)(C)C.Cc1cccc(C)c1-c1ccc2c(n1)oc1c(-c3nc4ccccc4n3-c3c(C)cc(-c4ccccc4)cc3C)[c-]ccc12.[Ir]. The molecule has 0 atom stereocenters. The van der Waals surface area contributed by atoms with Gasteiger partial charge in [-0.3, -0.25) is 4.98 Å². The van der Waals surface area contributed by atoms with Gasteiger partial charge in [0.15, 0.2) is 0 Å². The zero-order valence-corrected chi connectivity index (χ0v) is 42.1. The Hall–Kier alpha value is -6.24. The number of hydrogen-bond acceptors (Lipinski definition) is 4. The summed E-state index contributed by atoms with van der Waals surface area (Å²) >= 11 is 0. The molecule has 5 nitrogen and oxygen atoms in total. The van der Waals surface area contributed by atoms with E-state index in [2.05, 4.69) is 198 Å². The summed E-state index contributed by atoms with van der Waals surface area (Å²) < 4.78 is 8.88. The normalized spacial score (nSPS) is 11.5. The zero-order valence-electron chi connectivity index (χ0n) is 38.7. The molecule has 4 heterocycles. The number of benzene rings is 6. The first-order valence-electron chi connectivity index (χ1n) is 22.3. The molecule has 1 radical (unpaired) electrons. The molecule has 0 unspecified atom stereocenters. The molecular formula is C58H54IrN4OSi-2. The molecule has 7 heteroatoms. The second-order valence-electron chi connectivity index (χ2n) is 18.4. The van der Waals surface area contributed by atoms with Gasteiger partial charge in [-0.15, -0.1) is 54.1 Å². The van der Waals surface area contributed by atoms with Crippen LogP contribution in [0.2, 0.25) is 19.6 Å². The molecule has 0 aliphatic rings. The van der Waals surface area contributed by atoms with Gasteiger partial charge in [0.25, 0.3) is 0 Å². The predicted octanol–water partition coefficient (Wildman–Crippen LogP) is 14.6. The molecule has 0 aliphatic heterocycles. The summed E-state index contributed by atoms with van der Waals surface area (Å²) in [5.74, 6) is 1.46. The molecule has 4 aromatic heterocycles. The first-order chi connectivity index (χ1) is 30.9. The largest absolute Gasteiger partial charge is 0.486 e. The first-order valence-corrected chi connectivity index (χ1v) is 25.8. The minimum absolute atomic E-state index is 0. The standard InChI is InChI=1S/C40H30N3O.C18H24NSi.Ir/c1-24-12-10-13-25(2)36(24)34-21-20-31-30-16-11-17-32(38(30)44-40(31)42-34)39-41-33-18-8-9-19-35(33)43(39)37-26(3)22-29(23-27(37)4)28-14-6-5-7-15-28;1-14(2)11-16-12-17(15-9-7-6-8-10-15)19-13-18(16)20(3,4)5;/h5-16,18-23H,1-4H3;6-9,12-14H,11H2,1-5H3;/q2*-1;. The van der Waals surface area contributed by atoms with Crippen molar-refractivity contribution in [3.8, 4) is 50.7 Å². The summed E-state index contributed by atoms with van der Waals surface area (Å²) in [6.45, 7) is 20.3. The average molecular weight is 1040 g/mol. The van der Waals surface area contributed by atoms with E-state index in [4.69, 9.17) is 14.4 Å². The predicted molar refractivity (Wildman–Crippen MR) is 270 cm³/mol. The molecule has 0 saturated carbocycles. The van der Waals surface area contributed by atoms with Crippen molar-refractivity contribution in [1.29, 1.82) is 0 Å². The fourth-order valence-electron chi connectivity index (χ4n) is 9.15. The molecule has 0 fully saturated rings. The molecule has 0 N–H and O–H groups in total. The van der Waals surface area contributed by atoms with E-state index in [0.29, 0.717) is 11.6 Å². The van der Waals surface area contributed by atoms with Crippen LogP contribution in [0.3, 0.4) is 0 Å². The molecule has 10 aromatic rings. The van der Waals surface area contributed by atoms with Gasteiger partial charge in [-0.1, -0.05) is 117 Å². The van der Waals surface area contributed by atoms with Crippen LogP contribution in [0.15, 0.2) is 150 Å². The van der Waals surface area contributed by atoms with Gasteiger partial charge >= 0.3 is 0 Å². The van der Waals surface area contributed by atoms with Gasteiger partial charge in [0.05, 0.1) is 36.2 Å². The van der Waals surface area contributed by atoms with E-state index in [1.54, 1.807) is 0 Å². The van der Waals surface area contributed by atoms with Crippen LogP contribution in [0, 0.1) is 45.7 Å². The van der Waals surface area contributed by atoms with E-state index < -0.39 is 8.07 Å². The van der Waals surface area contributed by atoms with Crippen molar-refractivity contribution in [2.75, 3.05) is 0 Å². The van der Waals surface area contributed by atoms with E-state index in [1.807, 2.05) is 30.3 Å². The molecule has 0 amide bonds. The summed E-state index contributed by atoms with van der Waals surface area (Å²) in [7, 11) is -1.34. The number of aryl methyl sites for hydroxylation is 4. The molecule has 0 spiro atoms. The van der Waals surface area contributed by atoms with Crippen molar-refractivity contribution >= 4 is 46.4 Å². The van der Waals surface area contributed by atoms with Crippen LogP contribution in [-0.4, -0.2) is 27.6 Å². The van der Waals surface area contributed by atoms with Gasteiger partial charge in [0.2, 0.25) is 5.71 Å². The fraction of sp³-hybridized carbons (Fsp3) is 0.190. The minimum Gasteiger partial charge on any atom is -0.486 e. The molecule has 65 heavy (non-hydrogen) atoms. The Balaban J connectivity index is 0.000000232. The summed E-state index contributed by atoms with van der Waals surface area (Å²) in [5.41, 5.74) is 18.0. The van der Waals surface area contributed by atoms with Crippen molar-refractivity contribution in [1.82, 2.24) is 19.5 Å². The number of furan rings is 1. The Kier molecular flexibility index (Phi) is 13.0. The number of aromatic nitrogens is 4. The smallest absolute Gasteiger partial charge is 0.216 e. The number of nitrogens with zero attached hydrogens (tertiary/aromatic N) is 4. The van der Waals surface area contributed by atoms with E-state index in [9.17, 15) is 0 Å². The summed E-state index contributed by atoms with van der Waals surface area (Å²) in [6, 6.07) is 55.0. The third kappa shape index (κ3) is 9.06. The van der Waals surface area contributed by atoms with E-state index >= 15 is 0 Å². The number of pyridine rings is 2. The van der Waals surface area contributed by atoms with Gasteiger partial charge in [-0.2, -0.15) is 0 Å². The third-order valence-corrected chi connectivity index (χ3v) is 14.1. The Morgan fingerprint density at radius 2 is 1.35 bits per heavy atom. The summed E-state index contributed by atoms with van der Waals surface area (Å²) in [5, 5.41) is 3.47. The minimum atomic E-state index is -1.34. The number of hydrogen-bond donors (Lipinski definition) is 0. The Morgan fingerprint density at radius 3 is 2.05 bits per heavy atom. The van der Waals surface area contributed by atoms with Crippen LogP contribution in [0.1, 0.15) is 41.7 Å². The van der Waals surface area contributed by atoms with Gasteiger partial charge in [-0.25, -0.2) is 4.98 Å². The molecular weight excluding hydrogens is 989 g/mol. The second kappa shape index (κ2) is 18.7. The van der Waals surface area contributed by atoms with Crippen LogP contribution in [0.4, 0.5) is 0 Å². The molecule has 10 rings (SSSR count). The van der Waals surface area contributed by atoms with Crippen molar-refractivity contribution in [3.63, 3.8) is 0 Å². The average Bonchev–Trinajstić information content (AvgIpc) is 3.85. The Labute approximate surface area is 398 Å². The van der Waals surface area contributed by atoms with Crippen molar-refractivity contribution in [2.24, 2.45) is 5.92 Å². The van der Waals surface area contributed by atoms with Crippen LogP contribution in [-0.2, 0) is 26.5 Å². The quantitative estimate of drug-likeness (QED) is 0.112. The topological polar surface area (TPSA) is 56.7 Å². The maximum atomic E-state index is 6.61. The molecule has 0 bridgehead atoms. The summed E-state index contributed by atoms with van der Waals surface area (Å²) in [6.07, 6.45) is 3.24. The van der Waals surface area contributed by atoms with E-state index in [1.165, 1.54) is 44.1 Å². The fourth-order valence-corrected chi connectivity index (χ4v) is 10.7. The molecule has 6 aromatic carbocycles. The van der Waals surface area contributed by atoms with E-state index in [0.717, 1.165) is 73.4 Å². The number of fused-ring (bicyclic) bond motifs is 4. The van der Waals surface area contributed by atoms with Gasteiger partial charge < -0.3 is 14.0 Å². The third-order valence-electron chi connectivity index (χ3n) is 12.1. The van der Waals surface area contributed by atoms with Crippen LogP contribution >= 0.6 is 0 Å². The van der Waals surface area contributed by atoms with Crippen LogP contribution in [0.25, 0.3) is 83.8 Å². The van der Waals surface area contributed by atoms with Crippen LogP contribution < -0.4 is 5.19 Å². The van der Waals surface area contributed by atoms with E-state index in [-0.39, 0.29) is 20.1 Å². The number of rotatable bonds is 8. The summed E-state index contributed by atoms with van der Waals surface area (Å²) in [4.78, 5) is 14.9. The number of para-hydroxylation sites is 2. The van der Waals surface area contributed by atoms with Gasteiger partial charge in [0, 0.05) is 42.9 Å². The molecule has 0 aliphatic carbocycles. The Bertz CT molecular complexity index is 3270. The first kappa shape index (κ1) is 45.3. The van der Waals surface area contributed by atoms with Gasteiger partial charge in [0.1, 0.15) is 0 Å². The second-order valence-corrected chi connectivity index (χ2v) is 23.5. The molecule has 327 valence electrons. The Morgan fingerprint density at radius 1 is 0.646 bits per heavy atom.